The Bertz CT molecular complexity index is 595. The van der Waals surface area contributed by atoms with Crippen molar-refractivity contribution >= 4 is 15.9 Å². The summed E-state index contributed by atoms with van der Waals surface area (Å²) in [7, 11) is 0. The topological polar surface area (TPSA) is 26.0 Å². The fourth-order valence-electron chi connectivity index (χ4n) is 2.16. The normalized spacial score (nSPS) is 12.5. The number of halogens is 2. The Morgan fingerprint density at radius 3 is 2.63 bits per heavy atom. The molecule has 0 saturated carbocycles. The summed E-state index contributed by atoms with van der Waals surface area (Å²) in [4.78, 5) is 0. The fraction of sp³-hybridized carbons (Fsp3) is 0.250. The Morgan fingerprint density at radius 1 is 1.16 bits per heavy atom. The quantitative estimate of drug-likeness (QED) is 0.888. The van der Waals surface area contributed by atoms with Crippen molar-refractivity contribution < 1.29 is 4.39 Å². The number of aryl methyl sites for hydroxylation is 2. The lowest BCUT2D eigenvalue weighted by atomic mass is 9.96. The van der Waals surface area contributed by atoms with Crippen molar-refractivity contribution in [1.82, 2.24) is 0 Å². The van der Waals surface area contributed by atoms with E-state index in [1.54, 1.807) is 12.1 Å². The van der Waals surface area contributed by atoms with Crippen molar-refractivity contribution in [2.75, 3.05) is 0 Å². The van der Waals surface area contributed by atoms with Crippen LogP contribution in [0.2, 0.25) is 0 Å². The fourth-order valence-corrected chi connectivity index (χ4v) is 2.72. The molecule has 100 valence electrons. The molecule has 0 aliphatic carbocycles. The lowest BCUT2D eigenvalue weighted by Gasteiger charge is -2.16. The third-order valence-corrected chi connectivity index (χ3v) is 4.46. The van der Waals surface area contributed by atoms with Gasteiger partial charge < -0.3 is 5.73 Å². The molecule has 0 amide bonds. The highest BCUT2D eigenvalue weighted by atomic mass is 79.9. The summed E-state index contributed by atoms with van der Waals surface area (Å²) in [5, 5.41) is 0. The molecule has 2 rings (SSSR count). The van der Waals surface area contributed by atoms with Gasteiger partial charge in [0.15, 0.2) is 0 Å². The van der Waals surface area contributed by atoms with Crippen LogP contribution in [0.4, 0.5) is 4.39 Å². The summed E-state index contributed by atoms with van der Waals surface area (Å²) < 4.78 is 14.3. The van der Waals surface area contributed by atoms with Crippen LogP contribution in [-0.4, -0.2) is 0 Å². The van der Waals surface area contributed by atoms with Crippen molar-refractivity contribution in [2.45, 2.75) is 26.3 Å². The zero-order valence-corrected chi connectivity index (χ0v) is 12.7. The maximum atomic E-state index is 13.3. The third kappa shape index (κ3) is 3.23. The van der Waals surface area contributed by atoms with Gasteiger partial charge in [0.05, 0.1) is 0 Å². The van der Waals surface area contributed by atoms with Gasteiger partial charge in [-0.3, -0.25) is 0 Å². The maximum absolute atomic E-state index is 13.3. The van der Waals surface area contributed by atoms with Gasteiger partial charge in [0.25, 0.3) is 0 Å². The van der Waals surface area contributed by atoms with E-state index in [0.29, 0.717) is 6.42 Å². The van der Waals surface area contributed by atoms with Gasteiger partial charge >= 0.3 is 0 Å². The second-order valence-electron chi connectivity index (χ2n) is 4.86. The Hall–Kier alpha value is -1.19. The third-order valence-electron chi connectivity index (χ3n) is 3.37. The highest BCUT2D eigenvalue weighted by Gasteiger charge is 2.13. The molecule has 1 atom stereocenters. The van der Waals surface area contributed by atoms with E-state index in [4.69, 9.17) is 5.73 Å². The predicted molar refractivity (Wildman–Crippen MR) is 80.6 cm³/mol. The van der Waals surface area contributed by atoms with Crippen molar-refractivity contribution in [3.05, 3.63) is 68.9 Å². The Balaban J connectivity index is 2.28. The largest absolute Gasteiger partial charge is 0.324 e. The SMILES string of the molecule is Cc1ccc(F)cc1CC(N)c1cccc(C)c1Br. The first-order valence-electron chi connectivity index (χ1n) is 6.24. The van der Waals surface area contributed by atoms with Crippen LogP contribution in [0, 0.1) is 19.7 Å². The van der Waals surface area contributed by atoms with Crippen molar-refractivity contribution in [3.63, 3.8) is 0 Å². The average Bonchev–Trinajstić information content (AvgIpc) is 2.37. The summed E-state index contributed by atoms with van der Waals surface area (Å²) >= 11 is 3.57. The molecule has 0 aliphatic rings. The van der Waals surface area contributed by atoms with E-state index in [1.165, 1.54) is 6.07 Å². The summed E-state index contributed by atoms with van der Waals surface area (Å²) in [5.41, 5.74) is 10.5. The molecule has 3 heteroatoms. The van der Waals surface area contributed by atoms with E-state index < -0.39 is 0 Å². The standard InChI is InChI=1S/C16H17BrFN/c1-10-6-7-13(18)8-12(10)9-15(19)14-5-3-4-11(2)16(14)17/h3-8,15H,9,19H2,1-2H3. The monoisotopic (exact) mass is 321 g/mol. The number of benzene rings is 2. The molecule has 0 bridgehead atoms. The molecule has 19 heavy (non-hydrogen) atoms. The zero-order valence-electron chi connectivity index (χ0n) is 11.1. The molecule has 2 N–H and O–H groups in total. The van der Waals surface area contributed by atoms with E-state index in [-0.39, 0.29) is 11.9 Å². The molecule has 0 saturated heterocycles. The minimum atomic E-state index is -0.212. The minimum absolute atomic E-state index is 0.144. The van der Waals surface area contributed by atoms with Gasteiger partial charge in [0.1, 0.15) is 5.82 Å². The number of nitrogens with two attached hydrogens (primary N) is 1. The van der Waals surface area contributed by atoms with Crippen LogP contribution in [0.3, 0.4) is 0 Å². The highest BCUT2D eigenvalue weighted by Crippen LogP contribution is 2.28. The van der Waals surface area contributed by atoms with Crippen molar-refractivity contribution in [1.29, 1.82) is 0 Å². The van der Waals surface area contributed by atoms with E-state index in [2.05, 4.69) is 15.9 Å². The second-order valence-corrected chi connectivity index (χ2v) is 5.65. The van der Waals surface area contributed by atoms with Gasteiger partial charge in [-0.2, -0.15) is 0 Å². The van der Waals surface area contributed by atoms with Crippen LogP contribution >= 0.6 is 15.9 Å². The molecule has 2 aromatic carbocycles. The lowest BCUT2D eigenvalue weighted by Crippen LogP contribution is -2.15. The molecule has 1 nitrogen and oxygen atoms in total. The lowest BCUT2D eigenvalue weighted by molar-refractivity contribution is 0.620. The summed E-state index contributed by atoms with van der Waals surface area (Å²) in [6.07, 6.45) is 0.631. The second kappa shape index (κ2) is 5.85. The molecule has 0 fully saturated rings. The number of hydrogen-bond donors (Lipinski definition) is 1. The van der Waals surface area contributed by atoms with Gasteiger partial charge in [-0.15, -0.1) is 0 Å². The van der Waals surface area contributed by atoms with Crippen LogP contribution in [0.25, 0.3) is 0 Å². The van der Waals surface area contributed by atoms with Crippen LogP contribution in [0.5, 0.6) is 0 Å². The van der Waals surface area contributed by atoms with E-state index in [1.807, 2.05) is 32.0 Å². The van der Waals surface area contributed by atoms with Gasteiger partial charge in [-0.05, 0) is 54.7 Å². The van der Waals surface area contributed by atoms with Gasteiger partial charge in [-0.1, -0.05) is 40.2 Å². The zero-order chi connectivity index (χ0) is 14.0. The average molecular weight is 322 g/mol. The first-order chi connectivity index (χ1) is 8.99. The molecule has 0 spiro atoms. The Labute approximate surface area is 121 Å². The Morgan fingerprint density at radius 2 is 1.89 bits per heavy atom. The van der Waals surface area contributed by atoms with Crippen LogP contribution < -0.4 is 5.73 Å². The summed E-state index contributed by atoms with van der Waals surface area (Å²) in [6.45, 7) is 4.01. The number of hydrogen-bond acceptors (Lipinski definition) is 1. The predicted octanol–water partition coefficient (Wildman–Crippen LogP) is 4.45. The summed E-state index contributed by atoms with van der Waals surface area (Å²) in [5.74, 6) is -0.212. The molecule has 0 radical (unpaired) electrons. The number of rotatable bonds is 3. The highest BCUT2D eigenvalue weighted by molar-refractivity contribution is 9.10. The smallest absolute Gasteiger partial charge is 0.123 e. The molecular formula is C16H17BrFN. The van der Waals surface area contributed by atoms with Crippen molar-refractivity contribution in [2.24, 2.45) is 5.73 Å². The van der Waals surface area contributed by atoms with Gasteiger partial charge in [-0.25, -0.2) is 4.39 Å². The molecule has 0 aliphatic heterocycles. The molecular weight excluding hydrogens is 305 g/mol. The Kier molecular flexibility index (Phi) is 4.38. The first kappa shape index (κ1) is 14.2. The first-order valence-corrected chi connectivity index (χ1v) is 7.04. The minimum Gasteiger partial charge on any atom is -0.324 e. The van der Waals surface area contributed by atoms with E-state index in [0.717, 1.165) is 26.7 Å². The molecule has 0 heterocycles. The van der Waals surface area contributed by atoms with E-state index in [9.17, 15) is 4.39 Å². The summed E-state index contributed by atoms with van der Waals surface area (Å²) in [6, 6.07) is 10.7. The van der Waals surface area contributed by atoms with Gasteiger partial charge in [0, 0.05) is 10.5 Å². The van der Waals surface area contributed by atoms with Crippen LogP contribution in [0.15, 0.2) is 40.9 Å². The molecule has 1 unspecified atom stereocenters. The molecule has 0 aromatic heterocycles. The van der Waals surface area contributed by atoms with Gasteiger partial charge in [0.2, 0.25) is 0 Å². The maximum Gasteiger partial charge on any atom is 0.123 e. The van der Waals surface area contributed by atoms with Crippen LogP contribution in [-0.2, 0) is 6.42 Å². The molecule has 2 aromatic rings. The van der Waals surface area contributed by atoms with E-state index >= 15 is 0 Å². The van der Waals surface area contributed by atoms with Crippen LogP contribution in [0.1, 0.15) is 28.3 Å². The van der Waals surface area contributed by atoms with Crippen molar-refractivity contribution in [3.8, 4) is 0 Å².